The third kappa shape index (κ3) is 3.08. The third-order valence-corrected chi connectivity index (χ3v) is 3.19. The molecule has 0 aliphatic rings. The predicted octanol–water partition coefficient (Wildman–Crippen LogP) is 4.80. The van der Waals surface area contributed by atoms with Crippen LogP contribution in [0.2, 0.25) is 0 Å². The molecule has 0 saturated carbocycles. The summed E-state index contributed by atoms with van der Waals surface area (Å²) in [5, 5.41) is -0.493. The fraction of sp³-hybridized carbons (Fsp3) is 0.200. The first-order valence-electron chi connectivity index (χ1n) is 5.71. The van der Waals surface area contributed by atoms with Gasteiger partial charge in [-0.2, -0.15) is 0 Å². The Kier molecular flexibility index (Phi) is 3.97. The van der Waals surface area contributed by atoms with Gasteiger partial charge >= 0.3 is 0 Å². The van der Waals surface area contributed by atoms with E-state index in [1.807, 2.05) is 31.2 Å². The normalized spacial score (nSPS) is 12.4. The van der Waals surface area contributed by atoms with E-state index in [9.17, 15) is 8.78 Å². The van der Waals surface area contributed by atoms with Gasteiger partial charge in [-0.1, -0.05) is 35.9 Å². The Bertz CT molecular complexity index is 552. The van der Waals surface area contributed by atoms with Gasteiger partial charge in [-0.15, -0.1) is 11.6 Å². The maximum atomic E-state index is 13.6. The number of alkyl halides is 1. The van der Waals surface area contributed by atoms with Crippen LogP contribution in [0.3, 0.4) is 0 Å². The van der Waals surface area contributed by atoms with Crippen LogP contribution in [0.15, 0.2) is 42.5 Å². The van der Waals surface area contributed by atoms with Crippen molar-refractivity contribution >= 4 is 11.6 Å². The molecule has 18 heavy (non-hydrogen) atoms. The van der Waals surface area contributed by atoms with Crippen molar-refractivity contribution in [2.75, 3.05) is 0 Å². The Hall–Kier alpha value is -1.41. The van der Waals surface area contributed by atoms with Crippen molar-refractivity contribution in [1.82, 2.24) is 0 Å². The maximum absolute atomic E-state index is 13.6. The Labute approximate surface area is 110 Å². The summed E-state index contributed by atoms with van der Waals surface area (Å²) in [6, 6.07) is 11.4. The van der Waals surface area contributed by atoms with Gasteiger partial charge in [0.25, 0.3) is 0 Å². The van der Waals surface area contributed by atoms with Crippen molar-refractivity contribution in [3.05, 3.63) is 70.8 Å². The van der Waals surface area contributed by atoms with Gasteiger partial charge in [-0.3, -0.25) is 0 Å². The number of hydrogen-bond acceptors (Lipinski definition) is 0. The fourth-order valence-corrected chi connectivity index (χ4v) is 2.27. The first-order chi connectivity index (χ1) is 8.56. The first kappa shape index (κ1) is 13.0. The monoisotopic (exact) mass is 266 g/mol. The number of halogens is 3. The summed E-state index contributed by atoms with van der Waals surface area (Å²) in [4.78, 5) is 0. The van der Waals surface area contributed by atoms with Gasteiger partial charge < -0.3 is 0 Å². The zero-order chi connectivity index (χ0) is 13.1. The van der Waals surface area contributed by atoms with Crippen molar-refractivity contribution in [2.45, 2.75) is 18.7 Å². The van der Waals surface area contributed by atoms with E-state index in [1.165, 1.54) is 12.1 Å². The van der Waals surface area contributed by atoms with Crippen LogP contribution in [0.1, 0.15) is 22.1 Å². The van der Waals surface area contributed by atoms with Gasteiger partial charge in [0.15, 0.2) is 0 Å². The number of benzene rings is 2. The molecular weight excluding hydrogens is 254 g/mol. The summed E-state index contributed by atoms with van der Waals surface area (Å²) in [6.45, 7) is 1.99. The van der Waals surface area contributed by atoms with Gasteiger partial charge in [0, 0.05) is 11.6 Å². The Morgan fingerprint density at radius 2 is 1.89 bits per heavy atom. The molecule has 0 spiro atoms. The van der Waals surface area contributed by atoms with Crippen molar-refractivity contribution in [3.63, 3.8) is 0 Å². The molecule has 0 amide bonds. The molecule has 0 nitrogen and oxygen atoms in total. The van der Waals surface area contributed by atoms with Crippen LogP contribution in [-0.2, 0) is 6.42 Å². The SMILES string of the molecule is Cc1cccc(CC(Cl)c2ccc(F)cc2F)c1. The molecule has 3 heteroatoms. The molecular formula is C15H13ClF2. The van der Waals surface area contributed by atoms with Gasteiger partial charge in [-0.25, -0.2) is 8.78 Å². The van der Waals surface area contributed by atoms with Gasteiger partial charge in [0.1, 0.15) is 11.6 Å². The average molecular weight is 267 g/mol. The van der Waals surface area contributed by atoms with Crippen LogP contribution in [0.5, 0.6) is 0 Å². The Morgan fingerprint density at radius 3 is 2.56 bits per heavy atom. The molecule has 0 aliphatic heterocycles. The van der Waals surface area contributed by atoms with Crippen LogP contribution < -0.4 is 0 Å². The number of rotatable bonds is 3. The summed E-state index contributed by atoms with van der Waals surface area (Å²) in [5.41, 5.74) is 2.51. The van der Waals surface area contributed by atoms with Crippen molar-refractivity contribution in [3.8, 4) is 0 Å². The zero-order valence-corrected chi connectivity index (χ0v) is 10.7. The molecule has 0 heterocycles. The second kappa shape index (κ2) is 5.49. The lowest BCUT2D eigenvalue weighted by Crippen LogP contribution is -2.00. The number of aryl methyl sites for hydroxylation is 1. The van der Waals surface area contributed by atoms with E-state index >= 15 is 0 Å². The second-order valence-electron chi connectivity index (χ2n) is 4.33. The predicted molar refractivity (Wildman–Crippen MR) is 69.8 cm³/mol. The summed E-state index contributed by atoms with van der Waals surface area (Å²) in [7, 11) is 0. The van der Waals surface area contributed by atoms with E-state index in [0.29, 0.717) is 12.0 Å². The lowest BCUT2D eigenvalue weighted by molar-refractivity contribution is 0.570. The Morgan fingerprint density at radius 1 is 1.11 bits per heavy atom. The number of hydrogen-bond donors (Lipinski definition) is 0. The quantitative estimate of drug-likeness (QED) is 0.701. The topological polar surface area (TPSA) is 0 Å². The van der Waals surface area contributed by atoms with E-state index in [2.05, 4.69) is 0 Å². The van der Waals surface area contributed by atoms with Crippen LogP contribution in [0.4, 0.5) is 8.78 Å². The molecule has 0 fully saturated rings. The van der Waals surface area contributed by atoms with E-state index in [1.54, 1.807) is 0 Å². The molecule has 0 bridgehead atoms. The largest absolute Gasteiger partial charge is 0.207 e. The standard InChI is InChI=1S/C15H13ClF2/c1-10-3-2-4-11(7-10)8-14(16)13-6-5-12(17)9-15(13)18/h2-7,9,14H,8H2,1H3. The van der Waals surface area contributed by atoms with Crippen LogP contribution >= 0.6 is 11.6 Å². The van der Waals surface area contributed by atoms with Crippen molar-refractivity contribution in [1.29, 1.82) is 0 Å². The van der Waals surface area contributed by atoms with Crippen molar-refractivity contribution < 1.29 is 8.78 Å². The van der Waals surface area contributed by atoms with Crippen LogP contribution in [-0.4, -0.2) is 0 Å². The lowest BCUT2D eigenvalue weighted by Gasteiger charge is -2.11. The molecule has 0 saturated heterocycles. The van der Waals surface area contributed by atoms with E-state index in [4.69, 9.17) is 11.6 Å². The van der Waals surface area contributed by atoms with E-state index in [0.717, 1.165) is 17.2 Å². The smallest absolute Gasteiger partial charge is 0.130 e. The van der Waals surface area contributed by atoms with Crippen LogP contribution in [0.25, 0.3) is 0 Å². The lowest BCUT2D eigenvalue weighted by atomic mass is 10.0. The Balaban J connectivity index is 2.19. The minimum atomic E-state index is -0.595. The molecule has 2 aromatic carbocycles. The molecule has 0 aromatic heterocycles. The molecule has 1 atom stereocenters. The minimum absolute atomic E-state index is 0.333. The molecule has 2 aromatic rings. The fourth-order valence-electron chi connectivity index (χ4n) is 1.91. The highest BCUT2D eigenvalue weighted by atomic mass is 35.5. The third-order valence-electron chi connectivity index (χ3n) is 2.80. The highest BCUT2D eigenvalue weighted by Gasteiger charge is 2.14. The highest BCUT2D eigenvalue weighted by Crippen LogP contribution is 2.27. The summed E-state index contributed by atoms with van der Waals surface area (Å²) in [6.07, 6.45) is 0.520. The highest BCUT2D eigenvalue weighted by molar-refractivity contribution is 6.20. The molecule has 1 unspecified atom stereocenters. The average Bonchev–Trinajstić information content (AvgIpc) is 2.28. The van der Waals surface area contributed by atoms with E-state index in [-0.39, 0.29) is 0 Å². The zero-order valence-electron chi connectivity index (χ0n) is 9.96. The molecule has 94 valence electrons. The maximum Gasteiger partial charge on any atom is 0.130 e. The van der Waals surface area contributed by atoms with Crippen LogP contribution in [0, 0.1) is 18.6 Å². The first-order valence-corrected chi connectivity index (χ1v) is 6.14. The van der Waals surface area contributed by atoms with Gasteiger partial charge in [-0.05, 0) is 25.0 Å². The molecule has 0 radical (unpaired) electrons. The van der Waals surface area contributed by atoms with Gasteiger partial charge in [0.2, 0.25) is 0 Å². The molecule has 0 N–H and O–H groups in total. The summed E-state index contributed by atoms with van der Waals surface area (Å²) >= 11 is 6.19. The second-order valence-corrected chi connectivity index (χ2v) is 4.85. The van der Waals surface area contributed by atoms with Gasteiger partial charge in [0.05, 0.1) is 5.38 Å². The summed E-state index contributed by atoms with van der Waals surface area (Å²) in [5.74, 6) is -1.18. The summed E-state index contributed by atoms with van der Waals surface area (Å²) < 4.78 is 26.4. The molecule has 2 rings (SSSR count). The van der Waals surface area contributed by atoms with E-state index < -0.39 is 17.0 Å². The molecule has 0 aliphatic carbocycles. The van der Waals surface area contributed by atoms with Crippen molar-refractivity contribution in [2.24, 2.45) is 0 Å². The minimum Gasteiger partial charge on any atom is -0.207 e.